The van der Waals surface area contributed by atoms with Crippen molar-refractivity contribution in [2.45, 2.75) is 91.7 Å². The van der Waals surface area contributed by atoms with Crippen molar-refractivity contribution in [2.24, 2.45) is 16.7 Å². The Morgan fingerprint density at radius 2 is 1.68 bits per heavy atom. The number of carbonyl (C=O) groups is 1. The number of benzene rings is 2. The van der Waals surface area contributed by atoms with Crippen LogP contribution in [0, 0.1) is 16.7 Å². The van der Waals surface area contributed by atoms with E-state index in [1.54, 1.807) is 0 Å². The molecule has 0 unspecified atom stereocenters. The molecular weight excluding hydrogens is 422 g/mol. The first-order chi connectivity index (χ1) is 16.2. The van der Waals surface area contributed by atoms with Crippen LogP contribution >= 0.6 is 0 Å². The fraction of sp³-hybridized carbons (Fsp3) is 0.633. The third kappa shape index (κ3) is 5.76. The van der Waals surface area contributed by atoms with Gasteiger partial charge in [0.25, 0.3) is 0 Å². The fourth-order valence-electron chi connectivity index (χ4n) is 6.13. The maximum atomic E-state index is 11.9. The van der Waals surface area contributed by atoms with Gasteiger partial charge in [0, 0.05) is 6.54 Å². The molecule has 1 N–H and O–H groups in total. The highest BCUT2D eigenvalue weighted by atomic mass is 16.5. The quantitative estimate of drug-likeness (QED) is 0.466. The lowest BCUT2D eigenvalue weighted by molar-refractivity contribution is -0.152. The molecule has 0 spiro atoms. The standard InChI is InChI=1S/C30H43NO3/c1-5-14-30(28(32)33)15-17-31(18-16-30)21-22-6-7-24-20-27(11-8-23(24)19-22)34-26-12-9-25(10-13-26)29(2,3)4/h6-8,11,19-20,25-26H,5,9-10,12-18,21H2,1-4H3,(H,32,33). The highest BCUT2D eigenvalue weighted by molar-refractivity contribution is 5.84. The van der Waals surface area contributed by atoms with Crippen molar-refractivity contribution >= 4 is 16.7 Å². The van der Waals surface area contributed by atoms with Gasteiger partial charge in [0.2, 0.25) is 0 Å². The molecule has 1 aliphatic carbocycles. The van der Waals surface area contributed by atoms with Crippen LogP contribution in [0.15, 0.2) is 36.4 Å². The minimum atomic E-state index is -0.611. The summed E-state index contributed by atoms with van der Waals surface area (Å²) < 4.78 is 6.38. The SMILES string of the molecule is CCCC1(C(=O)O)CCN(Cc2ccc3cc(OC4CCC(C(C)(C)C)CC4)ccc3c2)CC1. The van der Waals surface area contributed by atoms with E-state index in [4.69, 9.17) is 4.74 Å². The summed E-state index contributed by atoms with van der Waals surface area (Å²) >= 11 is 0. The zero-order chi connectivity index (χ0) is 24.3. The number of hydrogen-bond acceptors (Lipinski definition) is 3. The molecule has 0 aromatic heterocycles. The summed E-state index contributed by atoms with van der Waals surface area (Å²) in [4.78, 5) is 14.3. The van der Waals surface area contributed by atoms with Gasteiger partial charge in [-0.25, -0.2) is 0 Å². The molecule has 1 saturated heterocycles. The number of rotatable bonds is 7. The van der Waals surface area contributed by atoms with Crippen molar-refractivity contribution in [3.63, 3.8) is 0 Å². The summed E-state index contributed by atoms with van der Waals surface area (Å²) in [6.07, 6.45) is 8.37. The van der Waals surface area contributed by atoms with Gasteiger partial charge in [-0.15, -0.1) is 0 Å². The second-order valence-electron chi connectivity index (χ2n) is 11.9. The molecule has 4 rings (SSSR count). The molecule has 2 aliphatic rings. The van der Waals surface area contributed by atoms with Crippen molar-refractivity contribution in [1.29, 1.82) is 0 Å². The van der Waals surface area contributed by atoms with Crippen LogP contribution in [-0.2, 0) is 11.3 Å². The third-order valence-electron chi connectivity index (χ3n) is 8.48. The largest absolute Gasteiger partial charge is 0.490 e. The summed E-state index contributed by atoms with van der Waals surface area (Å²) in [6.45, 7) is 11.8. The van der Waals surface area contributed by atoms with E-state index in [0.29, 0.717) is 11.5 Å². The van der Waals surface area contributed by atoms with Gasteiger partial charge in [0.1, 0.15) is 5.75 Å². The van der Waals surface area contributed by atoms with Gasteiger partial charge in [0.05, 0.1) is 11.5 Å². The van der Waals surface area contributed by atoms with E-state index in [9.17, 15) is 9.90 Å². The zero-order valence-corrected chi connectivity index (χ0v) is 21.6. The van der Waals surface area contributed by atoms with Gasteiger partial charge in [0.15, 0.2) is 0 Å². The smallest absolute Gasteiger partial charge is 0.309 e. The predicted molar refractivity (Wildman–Crippen MR) is 139 cm³/mol. The average Bonchev–Trinajstić information content (AvgIpc) is 2.80. The third-order valence-corrected chi connectivity index (χ3v) is 8.48. The second kappa shape index (κ2) is 10.3. The molecule has 0 amide bonds. The summed E-state index contributed by atoms with van der Waals surface area (Å²) in [5.74, 6) is 1.17. The number of nitrogens with zero attached hydrogens (tertiary/aromatic N) is 1. The first-order valence-corrected chi connectivity index (χ1v) is 13.3. The van der Waals surface area contributed by atoms with Crippen molar-refractivity contribution in [3.05, 3.63) is 42.0 Å². The number of ether oxygens (including phenoxy) is 1. The van der Waals surface area contributed by atoms with Crippen molar-refractivity contribution in [1.82, 2.24) is 4.90 Å². The number of likely N-dealkylation sites (tertiary alicyclic amines) is 1. The molecule has 1 heterocycles. The summed E-state index contributed by atoms with van der Waals surface area (Å²) in [6, 6.07) is 13.2. The molecule has 4 heteroatoms. The number of hydrogen-bond donors (Lipinski definition) is 1. The predicted octanol–water partition coefficient (Wildman–Crippen LogP) is 7.29. The molecule has 4 nitrogen and oxygen atoms in total. The van der Waals surface area contributed by atoms with Gasteiger partial charge >= 0.3 is 5.97 Å². The van der Waals surface area contributed by atoms with E-state index in [-0.39, 0.29) is 0 Å². The van der Waals surface area contributed by atoms with Crippen molar-refractivity contribution < 1.29 is 14.6 Å². The molecule has 2 aromatic carbocycles. The zero-order valence-electron chi connectivity index (χ0n) is 21.6. The maximum absolute atomic E-state index is 11.9. The summed E-state index contributed by atoms with van der Waals surface area (Å²) in [7, 11) is 0. The molecule has 1 aliphatic heterocycles. The molecular formula is C30H43NO3. The molecule has 1 saturated carbocycles. The van der Waals surface area contributed by atoms with E-state index in [1.165, 1.54) is 29.2 Å². The lowest BCUT2D eigenvalue weighted by Gasteiger charge is -2.39. The number of carboxylic acid groups (broad SMARTS) is 1. The second-order valence-corrected chi connectivity index (χ2v) is 11.9. The van der Waals surface area contributed by atoms with E-state index in [1.807, 2.05) is 0 Å². The number of aliphatic carboxylic acids is 1. The van der Waals surface area contributed by atoms with Crippen LogP contribution in [0.4, 0.5) is 0 Å². The van der Waals surface area contributed by atoms with Crippen LogP contribution in [0.1, 0.15) is 84.6 Å². The Balaban J connectivity index is 1.34. The van der Waals surface area contributed by atoms with Crippen LogP contribution in [0.2, 0.25) is 0 Å². The molecule has 0 radical (unpaired) electrons. The van der Waals surface area contributed by atoms with E-state index >= 15 is 0 Å². The van der Waals surface area contributed by atoms with Gasteiger partial charge in [-0.05, 0) is 104 Å². The number of piperidine rings is 1. The monoisotopic (exact) mass is 465 g/mol. The molecule has 186 valence electrons. The van der Waals surface area contributed by atoms with Crippen LogP contribution in [-0.4, -0.2) is 35.2 Å². The molecule has 34 heavy (non-hydrogen) atoms. The minimum absolute atomic E-state index is 0.333. The molecule has 0 bridgehead atoms. The first kappa shape index (κ1) is 25.0. The van der Waals surface area contributed by atoms with E-state index in [0.717, 1.165) is 69.8 Å². The first-order valence-electron chi connectivity index (χ1n) is 13.3. The highest BCUT2D eigenvalue weighted by Gasteiger charge is 2.40. The number of carboxylic acids is 1. The van der Waals surface area contributed by atoms with Crippen LogP contribution in [0.25, 0.3) is 10.8 Å². The van der Waals surface area contributed by atoms with Crippen LogP contribution in [0.5, 0.6) is 5.75 Å². The van der Waals surface area contributed by atoms with Gasteiger partial charge < -0.3 is 9.84 Å². The average molecular weight is 466 g/mol. The Bertz CT molecular complexity index is 976. The fourth-order valence-corrected chi connectivity index (χ4v) is 6.13. The Labute approximate surface area is 205 Å². The topological polar surface area (TPSA) is 49.8 Å². The van der Waals surface area contributed by atoms with Gasteiger partial charge in [-0.1, -0.05) is 52.3 Å². The molecule has 2 aromatic rings. The maximum Gasteiger partial charge on any atom is 0.309 e. The number of fused-ring (bicyclic) bond motifs is 1. The normalized spacial score (nSPS) is 23.6. The molecule has 0 atom stereocenters. The van der Waals surface area contributed by atoms with Crippen LogP contribution in [0.3, 0.4) is 0 Å². The minimum Gasteiger partial charge on any atom is -0.490 e. The highest BCUT2D eigenvalue weighted by Crippen LogP contribution is 2.39. The lowest BCUT2D eigenvalue weighted by atomic mass is 9.72. The molecule has 2 fully saturated rings. The van der Waals surface area contributed by atoms with E-state index in [2.05, 4.69) is 69.0 Å². The van der Waals surface area contributed by atoms with Crippen LogP contribution < -0.4 is 4.74 Å². The van der Waals surface area contributed by atoms with Crippen molar-refractivity contribution in [2.75, 3.05) is 13.1 Å². The Kier molecular flexibility index (Phi) is 7.57. The Morgan fingerprint density at radius 1 is 1.03 bits per heavy atom. The Morgan fingerprint density at radius 3 is 2.29 bits per heavy atom. The van der Waals surface area contributed by atoms with Gasteiger partial charge in [-0.2, -0.15) is 0 Å². The summed E-state index contributed by atoms with van der Waals surface area (Å²) in [5.41, 5.74) is 1.17. The van der Waals surface area contributed by atoms with E-state index < -0.39 is 11.4 Å². The summed E-state index contributed by atoms with van der Waals surface area (Å²) in [5, 5.41) is 12.2. The van der Waals surface area contributed by atoms with Crippen molar-refractivity contribution in [3.8, 4) is 5.75 Å². The lowest BCUT2D eigenvalue weighted by Crippen LogP contribution is -2.44. The van der Waals surface area contributed by atoms with Gasteiger partial charge in [-0.3, -0.25) is 9.69 Å². The Hall–Kier alpha value is -2.07.